The summed E-state index contributed by atoms with van der Waals surface area (Å²) in [6.45, 7) is 4.92. The van der Waals surface area contributed by atoms with Crippen LogP contribution in [-0.2, 0) is 12.8 Å². The number of para-hydroxylation sites is 2. The van der Waals surface area contributed by atoms with Crippen molar-refractivity contribution in [1.82, 2.24) is 20.3 Å². The second-order valence-corrected chi connectivity index (χ2v) is 7.31. The highest BCUT2D eigenvalue weighted by Gasteiger charge is 2.25. The molecule has 0 radical (unpaired) electrons. The highest BCUT2D eigenvalue weighted by Crippen LogP contribution is 2.29. The van der Waals surface area contributed by atoms with Gasteiger partial charge in [0.2, 0.25) is 0 Å². The average Bonchev–Trinajstić information content (AvgIpc) is 3.10. The molecule has 1 aliphatic carbocycles. The predicted molar refractivity (Wildman–Crippen MR) is 109 cm³/mol. The quantitative estimate of drug-likeness (QED) is 0.563. The molecule has 5 nitrogen and oxygen atoms in total. The van der Waals surface area contributed by atoms with E-state index in [1.165, 1.54) is 17.7 Å². The van der Waals surface area contributed by atoms with Gasteiger partial charge in [0.25, 0.3) is 0 Å². The Morgan fingerprint density at radius 3 is 3.04 bits per heavy atom. The molecule has 0 bridgehead atoms. The smallest absolute Gasteiger partial charge is 0.109 e. The Morgan fingerprint density at radius 2 is 2.19 bits per heavy atom. The number of aromatic nitrogens is 3. The molecular weight excluding hydrogens is 334 g/mol. The van der Waals surface area contributed by atoms with Gasteiger partial charge >= 0.3 is 0 Å². The van der Waals surface area contributed by atoms with Gasteiger partial charge in [-0.15, -0.1) is 0 Å². The molecule has 0 aliphatic heterocycles. The van der Waals surface area contributed by atoms with Crippen LogP contribution < -0.4 is 11.1 Å². The second-order valence-electron chi connectivity index (χ2n) is 7.31. The molecule has 4 N–H and O–H groups in total. The van der Waals surface area contributed by atoms with Gasteiger partial charge < -0.3 is 16.0 Å². The van der Waals surface area contributed by atoms with Crippen molar-refractivity contribution < 1.29 is 0 Å². The van der Waals surface area contributed by atoms with Gasteiger partial charge in [0.15, 0.2) is 0 Å². The number of aryl methyl sites for hydroxylation is 1. The van der Waals surface area contributed by atoms with Gasteiger partial charge in [0, 0.05) is 18.7 Å². The van der Waals surface area contributed by atoms with Gasteiger partial charge in [-0.05, 0) is 56.0 Å². The molecule has 0 fully saturated rings. The third-order valence-corrected chi connectivity index (χ3v) is 5.39. The molecule has 27 heavy (non-hydrogen) atoms. The molecule has 1 aromatic carbocycles. The summed E-state index contributed by atoms with van der Waals surface area (Å²) in [4.78, 5) is 12.8. The summed E-state index contributed by atoms with van der Waals surface area (Å²) in [7, 11) is 0. The van der Waals surface area contributed by atoms with E-state index in [1.54, 1.807) is 0 Å². The van der Waals surface area contributed by atoms with Crippen molar-refractivity contribution in [2.24, 2.45) is 5.73 Å². The number of rotatable bonds is 7. The normalized spacial score (nSPS) is 17.6. The zero-order valence-corrected chi connectivity index (χ0v) is 15.6. The van der Waals surface area contributed by atoms with Crippen LogP contribution in [0, 0.1) is 0 Å². The Kier molecular flexibility index (Phi) is 5.32. The Labute approximate surface area is 160 Å². The monoisotopic (exact) mass is 361 g/mol. The first kappa shape index (κ1) is 17.9. The summed E-state index contributed by atoms with van der Waals surface area (Å²) in [5.41, 5.74) is 11.5. The molecule has 3 aromatic rings. The summed E-state index contributed by atoms with van der Waals surface area (Å²) >= 11 is 0. The Hall–Kier alpha value is -2.50. The molecule has 5 heteroatoms. The van der Waals surface area contributed by atoms with Gasteiger partial charge in [-0.2, -0.15) is 0 Å². The average molecular weight is 361 g/mol. The van der Waals surface area contributed by atoms with Gasteiger partial charge in [-0.25, -0.2) is 4.98 Å². The van der Waals surface area contributed by atoms with Crippen LogP contribution in [0.2, 0.25) is 0 Å². The van der Waals surface area contributed by atoms with Crippen LogP contribution in [0.5, 0.6) is 0 Å². The van der Waals surface area contributed by atoms with Crippen molar-refractivity contribution in [3.05, 3.63) is 71.8 Å². The Morgan fingerprint density at radius 1 is 1.30 bits per heavy atom. The van der Waals surface area contributed by atoms with Crippen molar-refractivity contribution in [2.45, 2.75) is 44.2 Å². The standard InChI is InChI=1S/C22H27N5/c1-15(11-12-23)20(14-21-26-17-8-2-3-9-18(17)27-21)25-19-10-4-6-16-7-5-13-24-22(16)19/h2-3,5,7-9,13,19-20,25H,1,4,6,10-12,14,23H2,(H,26,27). The topological polar surface area (TPSA) is 79.6 Å². The lowest BCUT2D eigenvalue weighted by molar-refractivity contribution is 0.402. The first-order valence-corrected chi connectivity index (χ1v) is 9.76. The fourth-order valence-corrected chi connectivity index (χ4v) is 3.99. The molecule has 0 saturated heterocycles. The zero-order chi connectivity index (χ0) is 18.6. The zero-order valence-electron chi connectivity index (χ0n) is 15.6. The maximum Gasteiger partial charge on any atom is 0.109 e. The molecular formula is C22H27N5. The van der Waals surface area contributed by atoms with E-state index in [4.69, 9.17) is 10.7 Å². The third-order valence-electron chi connectivity index (χ3n) is 5.39. The van der Waals surface area contributed by atoms with Crippen LogP contribution >= 0.6 is 0 Å². The number of hydrogen-bond acceptors (Lipinski definition) is 4. The van der Waals surface area contributed by atoms with Crippen molar-refractivity contribution in [2.75, 3.05) is 6.54 Å². The van der Waals surface area contributed by atoms with E-state index >= 15 is 0 Å². The summed E-state index contributed by atoms with van der Waals surface area (Å²) < 4.78 is 0. The van der Waals surface area contributed by atoms with Gasteiger partial charge in [-0.3, -0.25) is 4.98 Å². The van der Waals surface area contributed by atoms with Gasteiger partial charge in [0.05, 0.1) is 22.8 Å². The number of nitrogens with one attached hydrogen (secondary N) is 2. The van der Waals surface area contributed by atoms with Crippen molar-refractivity contribution in [3.8, 4) is 0 Å². The lowest BCUT2D eigenvalue weighted by Crippen LogP contribution is -2.38. The number of fused-ring (bicyclic) bond motifs is 2. The van der Waals surface area contributed by atoms with Crippen molar-refractivity contribution >= 4 is 11.0 Å². The molecule has 4 rings (SSSR count). The predicted octanol–water partition coefficient (Wildman–Crippen LogP) is 3.44. The first-order valence-electron chi connectivity index (χ1n) is 9.76. The van der Waals surface area contributed by atoms with Gasteiger partial charge in [-0.1, -0.05) is 30.4 Å². The molecule has 1 aliphatic rings. The fraction of sp³-hybridized carbons (Fsp3) is 0.364. The Bertz CT molecular complexity index is 896. The SMILES string of the molecule is C=C(CCN)C(Cc1nc2ccccc2[nH]1)NC1CCCc2cccnc21. The summed E-state index contributed by atoms with van der Waals surface area (Å²) in [6, 6.07) is 12.7. The minimum absolute atomic E-state index is 0.118. The number of imidazole rings is 1. The summed E-state index contributed by atoms with van der Waals surface area (Å²) in [5, 5.41) is 3.81. The highest BCUT2D eigenvalue weighted by molar-refractivity contribution is 5.74. The lowest BCUT2D eigenvalue weighted by Gasteiger charge is -2.30. The summed E-state index contributed by atoms with van der Waals surface area (Å²) in [5.74, 6) is 0.976. The second kappa shape index (κ2) is 8.03. The van der Waals surface area contributed by atoms with Gasteiger partial charge in [0.1, 0.15) is 5.82 Å². The van der Waals surface area contributed by atoms with Crippen LogP contribution in [0.1, 0.15) is 42.4 Å². The highest BCUT2D eigenvalue weighted by atomic mass is 15.0. The fourth-order valence-electron chi connectivity index (χ4n) is 3.99. The van der Waals surface area contributed by atoms with E-state index in [-0.39, 0.29) is 12.1 Å². The maximum absolute atomic E-state index is 5.81. The molecule has 0 spiro atoms. The number of benzene rings is 1. The summed E-state index contributed by atoms with van der Waals surface area (Å²) in [6.07, 6.45) is 6.85. The van der Waals surface area contributed by atoms with E-state index in [1.807, 2.05) is 30.5 Å². The largest absolute Gasteiger partial charge is 0.342 e. The van der Waals surface area contributed by atoms with Crippen LogP contribution in [0.25, 0.3) is 11.0 Å². The third kappa shape index (κ3) is 3.94. The van der Waals surface area contributed by atoms with Crippen LogP contribution in [-0.4, -0.2) is 27.5 Å². The van der Waals surface area contributed by atoms with Crippen molar-refractivity contribution in [3.63, 3.8) is 0 Å². The van der Waals surface area contributed by atoms with E-state index in [2.05, 4.69) is 34.0 Å². The number of H-pyrrole nitrogens is 1. The van der Waals surface area contributed by atoms with Crippen molar-refractivity contribution in [1.29, 1.82) is 0 Å². The van der Waals surface area contributed by atoms with E-state index < -0.39 is 0 Å². The number of hydrogen-bond donors (Lipinski definition) is 3. The number of nitrogens with two attached hydrogens (primary N) is 1. The molecule has 2 heterocycles. The lowest BCUT2D eigenvalue weighted by atomic mass is 9.90. The number of nitrogens with zero attached hydrogens (tertiary/aromatic N) is 2. The molecule has 140 valence electrons. The van der Waals surface area contributed by atoms with Crippen LogP contribution in [0.15, 0.2) is 54.7 Å². The minimum atomic E-state index is 0.118. The minimum Gasteiger partial charge on any atom is -0.342 e. The molecule has 2 atom stereocenters. The molecule has 2 aromatic heterocycles. The Balaban J connectivity index is 1.57. The molecule has 0 amide bonds. The van der Waals surface area contributed by atoms with Crippen LogP contribution in [0.4, 0.5) is 0 Å². The van der Waals surface area contributed by atoms with E-state index in [9.17, 15) is 0 Å². The van der Waals surface area contributed by atoms with Crippen LogP contribution in [0.3, 0.4) is 0 Å². The number of aromatic amines is 1. The molecule has 2 unspecified atom stereocenters. The first-order chi connectivity index (χ1) is 13.2. The van der Waals surface area contributed by atoms with E-state index in [0.717, 1.165) is 48.1 Å². The molecule has 0 saturated carbocycles. The number of pyridine rings is 1. The van der Waals surface area contributed by atoms with E-state index in [0.29, 0.717) is 6.54 Å². The maximum atomic E-state index is 5.81.